The van der Waals surface area contributed by atoms with Crippen LogP contribution in [-0.2, 0) is 13.2 Å². The Morgan fingerprint density at radius 2 is 2.04 bits per heavy atom. The van der Waals surface area contributed by atoms with Gasteiger partial charge in [-0.2, -0.15) is 0 Å². The van der Waals surface area contributed by atoms with Gasteiger partial charge < -0.3 is 19.5 Å². The van der Waals surface area contributed by atoms with Gasteiger partial charge >= 0.3 is 0 Å². The number of aryl methyl sites for hydroxylation is 3. The summed E-state index contributed by atoms with van der Waals surface area (Å²) in [5.74, 6) is 0.611. The second kappa shape index (κ2) is 6.78. The lowest BCUT2D eigenvalue weighted by molar-refractivity contribution is 0.0743. The summed E-state index contributed by atoms with van der Waals surface area (Å²) in [6.45, 7) is 7.20. The molecule has 0 aliphatic carbocycles. The lowest BCUT2D eigenvalue weighted by atomic mass is 10.1. The highest BCUT2D eigenvalue weighted by Crippen LogP contribution is 2.26. The van der Waals surface area contributed by atoms with Gasteiger partial charge in [-0.1, -0.05) is 0 Å². The van der Waals surface area contributed by atoms with Gasteiger partial charge in [-0.3, -0.25) is 9.78 Å². The number of aliphatic hydroxyl groups excluding tert-OH is 1. The van der Waals surface area contributed by atoms with Crippen LogP contribution >= 0.6 is 0 Å². The molecule has 124 valence electrons. The molecule has 2 rings (SSSR count). The Morgan fingerprint density at radius 1 is 1.35 bits per heavy atom. The number of aromatic hydroxyl groups is 1. The molecule has 0 aliphatic heterocycles. The largest absolute Gasteiger partial charge is 0.506 e. The molecule has 0 atom stereocenters. The third kappa shape index (κ3) is 3.34. The molecule has 0 bridgehead atoms. The zero-order chi connectivity index (χ0) is 17.1. The van der Waals surface area contributed by atoms with E-state index in [1.807, 2.05) is 6.92 Å². The van der Waals surface area contributed by atoms with Crippen LogP contribution < -0.4 is 0 Å². The lowest BCUT2D eigenvalue weighted by Crippen LogP contribution is -2.31. The number of amides is 1. The molecule has 0 radical (unpaired) electrons. The molecule has 0 spiro atoms. The van der Waals surface area contributed by atoms with Gasteiger partial charge in [0.05, 0.1) is 18.8 Å². The number of aromatic nitrogens is 2. The molecule has 1 amide bonds. The number of nitrogens with zero attached hydrogens (tertiary/aromatic N) is 3. The topological polar surface area (TPSA) is 99.7 Å². The van der Waals surface area contributed by atoms with Gasteiger partial charge in [0, 0.05) is 30.8 Å². The van der Waals surface area contributed by atoms with Gasteiger partial charge in [0.25, 0.3) is 5.91 Å². The maximum atomic E-state index is 12.7. The van der Waals surface area contributed by atoms with Gasteiger partial charge in [0.2, 0.25) is 0 Å². The number of aliphatic hydroxyl groups is 1. The van der Waals surface area contributed by atoms with Crippen molar-refractivity contribution in [1.82, 2.24) is 14.9 Å². The minimum absolute atomic E-state index is 0.00384. The van der Waals surface area contributed by atoms with Crippen LogP contribution in [0.2, 0.25) is 0 Å². The standard InChI is InChI=1S/C16H21N3O4/c1-5-19(16(22)14-10(3)23-11(4)18-14)7-13-12(8-20)6-17-9(2)15(13)21/h6,20-21H,5,7-8H2,1-4H3. The Bertz CT molecular complexity index is 724. The molecule has 2 N–H and O–H groups in total. The first-order valence-electron chi connectivity index (χ1n) is 7.39. The van der Waals surface area contributed by atoms with Crippen molar-refractivity contribution in [2.45, 2.75) is 40.8 Å². The molecule has 2 aromatic heterocycles. The van der Waals surface area contributed by atoms with Crippen LogP contribution in [0, 0.1) is 20.8 Å². The number of carbonyl (C=O) groups excluding carboxylic acids is 1. The fraction of sp³-hybridized carbons (Fsp3) is 0.438. The predicted octanol–water partition coefficient (Wildman–Crippen LogP) is 1.86. The highest BCUT2D eigenvalue weighted by Gasteiger charge is 2.23. The van der Waals surface area contributed by atoms with Crippen LogP contribution in [0.4, 0.5) is 0 Å². The van der Waals surface area contributed by atoms with Crippen LogP contribution in [0.3, 0.4) is 0 Å². The van der Waals surface area contributed by atoms with Crippen molar-refractivity contribution in [3.8, 4) is 5.75 Å². The third-order valence-electron chi connectivity index (χ3n) is 3.72. The predicted molar refractivity (Wildman–Crippen MR) is 83.0 cm³/mol. The SMILES string of the molecule is CCN(Cc1c(CO)cnc(C)c1O)C(=O)c1nc(C)oc1C. The first-order valence-corrected chi connectivity index (χ1v) is 7.39. The van der Waals surface area contributed by atoms with Gasteiger partial charge in [-0.15, -0.1) is 0 Å². The molecular formula is C16H21N3O4. The number of hydrogen-bond acceptors (Lipinski definition) is 6. The third-order valence-corrected chi connectivity index (χ3v) is 3.72. The number of hydrogen-bond donors (Lipinski definition) is 2. The second-order valence-electron chi connectivity index (χ2n) is 5.31. The average Bonchev–Trinajstić information content (AvgIpc) is 2.86. The molecule has 2 heterocycles. The van der Waals surface area contributed by atoms with Gasteiger partial charge in [-0.05, 0) is 20.8 Å². The molecule has 7 heteroatoms. The van der Waals surface area contributed by atoms with Gasteiger partial charge in [0.1, 0.15) is 11.5 Å². The zero-order valence-corrected chi connectivity index (χ0v) is 13.8. The Balaban J connectivity index is 2.35. The molecule has 0 saturated carbocycles. The summed E-state index contributed by atoms with van der Waals surface area (Å²) in [5.41, 5.74) is 1.70. The smallest absolute Gasteiger partial charge is 0.276 e. The molecule has 0 aliphatic rings. The maximum Gasteiger partial charge on any atom is 0.276 e. The fourth-order valence-corrected chi connectivity index (χ4v) is 2.39. The Morgan fingerprint density at radius 3 is 2.57 bits per heavy atom. The monoisotopic (exact) mass is 319 g/mol. The summed E-state index contributed by atoms with van der Waals surface area (Å²) in [6.07, 6.45) is 1.51. The number of oxazole rings is 1. The van der Waals surface area contributed by atoms with Crippen LogP contribution in [0.25, 0.3) is 0 Å². The van der Waals surface area contributed by atoms with Crippen molar-refractivity contribution in [3.05, 3.63) is 40.4 Å². The van der Waals surface area contributed by atoms with Crippen LogP contribution in [0.15, 0.2) is 10.6 Å². The molecule has 23 heavy (non-hydrogen) atoms. The van der Waals surface area contributed by atoms with Crippen molar-refractivity contribution < 1.29 is 19.4 Å². The fourth-order valence-electron chi connectivity index (χ4n) is 2.39. The van der Waals surface area contributed by atoms with E-state index >= 15 is 0 Å². The number of rotatable bonds is 5. The maximum absolute atomic E-state index is 12.7. The average molecular weight is 319 g/mol. The van der Waals surface area contributed by atoms with E-state index in [1.54, 1.807) is 20.8 Å². The number of carbonyl (C=O) groups is 1. The second-order valence-corrected chi connectivity index (χ2v) is 5.31. The molecule has 0 unspecified atom stereocenters. The highest BCUT2D eigenvalue weighted by molar-refractivity contribution is 5.93. The van der Waals surface area contributed by atoms with Crippen molar-refractivity contribution in [3.63, 3.8) is 0 Å². The molecule has 0 saturated heterocycles. The lowest BCUT2D eigenvalue weighted by Gasteiger charge is -2.22. The summed E-state index contributed by atoms with van der Waals surface area (Å²) in [6, 6.07) is 0. The quantitative estimate of drug-likeness (QED) is 0.872. The van der Waals surface area contributed by atoms with E-state index in [1.165, 1.54) is 11.1 Å². The normalized spacial score (nSPS) is 10.8. The molecule has 2 aromatic rings. The first kappa shape index (κ1) is 17.0. The molecular weight excluding hydrogens is 298 g/mol. The van der Waals surface area contributed by atoms with Crippen LogP contribution in [-0.4, -0.2) is 37.5 Å². The Kier molecular flexibility index (Phi) is 5.00. The summed E-state index contributed by atoms with van der Waals surface area (Å²) < 4.78 is 5.31. The summed E-state index contributed by atoms with van der Waals surface area (Å²) >= 11 is 0. The van der Waals surface area contributed by atoms with Crippen molar-refractivity contribution in [1.29, 1.82) is 0 Å². The van der Waals surface area contributed by atoms with Crippen LogP contribution in [0.1, 0.15) is 45.9 Å². The molecule has 7 nitrogen and oxygen atoms in total. The summed E-state index contributed by atoms with van der Waals surface area (Å²) in [4.78, 5) is 22.3. The first-order chi connectivity index (χ1) is 10.9. The summed E-state index contributed by atoms with van der Waals surface area (Å²) in [7, 11) is 0. The van der Waals surface area contributed by atoms with E-state index in [9.17, 15) is 15.0 Å². The van der Waals surface area contributed by atoms with Crippen molar-refractivity contribution >= 4 is 5.91 Å². The summed E-state index contributed by atoms with van der Waals surface area (Å²) in [5, 5.41) is 19.7. The Hall–Kier alpha value is -2.41. The highest BCUT2D eigenvalue weighted by atomic mass is 16.4. The van der Waals surface area contributed by atoms with E-state index in [2.05, 4.69) is 9.97 Å². The minimum atomic E-state index is -0.278. The van der Waals surface area contributed by atoms with E-state index < -0.39 is 0 Å². The van der Waals surface area contributed by atoms with Crippen molar-refractivity contribution in [2.75, 3.05) is 6.54 Å². The molecule has 0 fully saturated rings. The van der Waals surface area contributed by atoms with E-state index in [-0.39, 0.29) is 30.5 Å². The van der Waals surface area contributed by atoms with E-state index in [4.69, 9.17) is 4.42 Å². The number of pyridine rings is 1. The van der Waals surface area contributed by atoms with Crippen LogP contribution in [0.5, 0.6) is 5.75 Å². The Labute approximate surface area is 134 Å². The van der Waals surface area contributed by atoms with Gasteiger partial charge in [0.15, 0.2) is 11.6 Å². The van der Waals surface area contributed by atoms with Gasteiger partial charge in [-0.25, -0.2) is 4.98 Å². The minimum Gasteiger partial charge on any atom is -0.506 e. The van der Waals surface area contributed by atoms with E-state index in [0.717, 1.165) is 0 Å². The molecule has 0 aromatic carbocycles. The zero-order valence-electron chi connectivity index (χ0n) is 13.8. The van der Waals surface area contributed by atoms with E-state index in [0.29, 0.717) is 35.0 Å². The van der Waals surface area contributed by atoms with Crippen molar-refractivity contribution in [2.24, 2.45) is 0 Å².